The Hall–Kier alpha value is -1.48. The van der Waals surface area contributed by atoms with Crippen LogP contribution in [-0.4, -0.2) is 11.7 Å². The van der Waals surface area contributed by atoms with E-state index in [0.717, 1.165) is 13.0 Å². The molecule has 0 spiro atoms. The Labute approximate surface area is 117 Å². The Morgan fingerprint density at radius 2 is 2.21 bits per heavy atom. The second-order valence-corrected chi connectivity index (χ2v) is 6.51. The number of thiophene rings is 1. The molecule has 1 aromatic carbocycles. The molecule has 2 atom stereocenters. The molecule has 2 aliphatic rings. The van der Waals surface area contributed by atoms with Crippen LogP contribution in [0.4, 0.5) is 5.00 Å². The van der Waals surface area contributed by atoms with E-state index >= 15 is 0 Å². The molecule has 1 fully saturated rings. The van der Waals surface area contributed by atoms with Crippen LogP contribution in [0.5, 0.6) is 5.75 Å². The average Bonchev–Trinajstić information content (AvgIpc) is 3.04. The Morgan fingerprint density at radius 1 is 1.26 bits per heavy atom. The van der Waals surface area contributed by atoms with Gasteiger partial charge in [-0.25, -0.2) is 0 Å². The highest BCUT2D eigenvalue weighted by Crippen LogP contribution is 2.48. The number of anilines is 1. The molecule has 0 saturated carbocycles. The van der Waals surface area contributed by atoms with Crippen molar-refractivity contribution < 1.29 is 5.11 Å². The van der Waals surface area contributed by atoms with Gasteiger partial charge in [0.1, 0.15) is 5.75 Å². The lowest BCUT2D eigenvalue weighted by Crippen LogP contribution is -2.36. The Balaban J connectivity index is 1.78. The van der Waals surface area contributed by atoms with E-state index in [1.54, 1.807) is 0 Å². The number of hydrogen-bond donors (Lipinski definition) is 1. The number of hydrogen-bond acceptors (Lipinski definition) is 3. The van der Waals surface area contributed by atoms with Crippen molar-refractivity contribution in [3.63, 3.8) is 0 Å². The van der Waals surface area contributed by atoms with Gasteiger partial charge in [0, 0.05) is 6.54 Å². The van der Waals surface area contributed by atoms with E-state index in [1.807, 2.05) is 23.5 Å². The summed E-state index contributed by atoms with van der Waals surface area (Å²) < 4.78 is 0. The van der Waals surface area contributed by atoms with E-state index in [2.05, 4.69) is 28.5 Å². The van der Waals surface area contributed by atoms with Crippen LogP contribution < -0.4 is 4.90 Å². The molecular formula is C16H17NOS. The van der Waals surface area contributed by atoms with E-state index in [4.69, 9.17) is 0 Å². The minimum atomic E-state index is 0.403. The molecule has 19 heavy (non-hydrogen) atoms. The number of phenols is 1. The van der Waals surface area contributed by atoms with Crippen molar-refractivity contribution in [3.8, 4) is 5.75 Å². The van der Waals surface area contributed by atoms with Crippen LogP contribution in [0, 0.1) is 5.92 Å². The van der Waals surface area contributed by atoms with Crippen LogP contribution in [0.3, 0.4) is 0 Å². The zero-order valence-electron chi connectivity index (χ0n) is 10.7. The fraction of sp³-hybridized carbons (Fsp3) is 0.375. The fourth-order valence-corrected chi connectivity index (χ4v) is 4.53. The molecule has 0 bridgehead atoms. The summed E-state index contributed by atoms with van der Waals surface area (Å²) >= 11 is 1.83. The molecule has 1 N–H and O–H groups in total. The molecule has 98 valence electrons. The largest absolute Gasteiger partial charge is 0.508 e. The molecule has 2 heterocycles. The van der Waals surface area contributed by atoms with Gasteiger partial charge < -0.3 is 10.0 Å². The first-order valence-electron chi connectivity index (χ1n) is 6.95. The molecule has 1 aromatic heterocycles. The van der Waals surface area contributed by atoms with Crippen LogP contribution in [-0.2, 0) is 6.42 Å². The number of benzene rings is 1. The van der Waals surface area contributed by atoms with Gasteiger partial charge in [-0.2, -0.15) is 0 Å². The first kappa shape index (κ1) is 11.4. The van der Waals surface area contributed by atoms with Gasteiger partial charge in [-0.1, -0.05) is 6.07 Å². The second-order valence-electron chi connectivity index (χ2n) is 5.58. The fourth-order valence-electron chi connectivity index (χ4n) is 3.73. The first-order valence-corrected chi connectivity index (χ1v) is 7.83. The van der Waals surface area contributed by atoms with E-state index < -0.39 is 0 Å². The molecular weight excluding hydrogens is 254 g/mol. The van der Waals surface area contributed by atoms with Crippen molar-refractivity contribution in [2.45, 2.75) is 25.3 Å². The van der Waals surface area contributed by atoms with E-state index in [9.17, 15) is 5.11 Å². The standard InChI is InChI=1S/C16H17NOS/c18-13-5-6-14-12(10-13)9-11-3-1-7-17(16(11)14)15-4-2-8-19-15/h2,4-6,8,10-11,16,18H,1,3,7,9H2. The van der Waals surface area contributed by atoms with E-state index in [1.165, 1.54) is 29.0 Å². The van der Waals surface area contributed by atoms with Gasteiger partial charge in [0.15, 0.2) is 0 Å². The minimum Gasteiger partial charge on any atom is -0.508 e. The Morgan fingerprint density at radius 3 is 3.05 bits per heavy atom. The lowest BCUT2D eigenvalue weighted by molar-refractivity contribution is 0.352. The van der Waals surface area contributed by atoms with Gasteiger partial charge in [0.25, 0.3) is 0 Å². The lowest BCUT2D eigenvalue weighted by Gasteiger charge is -2.39. The molecule has 1 aliphatic heterocycles. The summed E-state index contributed by atoms with van der Waals surface area (Å²) in [5, 5.41) is 13.2. The summed E-state index contributed by atoms with van der Waals surface area (Å²) in [6.45, 7) is 1.15. The van der Waals surface area contributed by atoms with Gasteiger partial charge in [0.05, 0.1) is 11.0 Å². The number of nitrogens with zero attached hydrogens (tertiary/aromatic N) is 1. The van der Waals surface area contributed by atoms with Gasteiger partial charge in [-0.05, 0) is 66.0 Å². The highest BCUT2D eigenvalue weighted by Gasteiger charge is 2.39. The van der Waals surface area contributed by atoms with Crippen LogP contribution in [0.2, 0.25) is 0 Å². The van der Waals surface area contributed by atoms with Crippen molar-refractivity contribution in [3.05, 3.63) is 46.8 Å². The molecule has 2 aromatic rings. The second kappa shape index (κ2) is 4.27. The summed E-state index contributed by atoms with van der Waals surface area (Å²) in [6, 6.07) is 10.8. The van der Waals surface area contributed by atoms with Gasteiger partial charge in [-0.3, -0.25) is 0 Å². The topological polar surface area (TPSA) is 23.5 Å². The van der Waals surface area contributed by atoms with Crippen molar-refractivity contribution in [2.75, 3.05) is 11.4 Å². The molecule has 3 heteroatoms. The summed E-state index contributed by atoms with van der Waals surface area (Å²) in [6.07, 6.45) is 3.71. The third kappa shape index (κ3) is 1.76. The zero-order chi connectivity index (χ0) is 12.8. The SMILES string of the molecule is Oc1ccc2c(c1)CC1CCCN(c3cccs3)C21. The van der Waals surface area contributed by atoms with Crippen molar-refractivity contribution in [2.24, 2.45) is 5.92 Å². The van der Waals surface area contributed by atoms with Gasteiger partial charge in [0.2, 0.25) is 0 Å². The maximum absolute atomic E-state index is 9.67. The molecule has 2 unspecified atom stereocenters. The number of rotatable bonds is 1. The number of fused-ring (bicyclic) bond motifs is 3. The van der Waals surface area contributed by atoms with Crippen LogP contribution >= 0.6 is 11.3 Å². The molecule has 4 rings (SSSR count). The third-order valence-corrected chi connectivity index (χ3v) is 5.38. The van der Waals surface area contributed by atoms with Crippen molar-refractivity contribution in [1.82, 2.24) is 0 Å². The summed E-state index contributed by atoms with van der Waals surface area (Å²) in [5.41, 5.74) is 2.77. The summed E-state index contributed by atoms with van der Waals surface area (Å²) in [4.78, 5) is 2.57. The quantitative estimate of drug-likeness (QED) is 0.848. The van der Waals surface area contributed by atoms with Crippen molar-refractivity contribution >= 4 is 16.3 Å². The normalized spacial score (nSPS) is 25.2. The molecule has 0 amide bonds. The summed E-state index contributed by atoms with van der Waals surface area (Å²) in [7, 11) is 0. The number of aromatic hydroxyl groups is 1. The maximum Gasteiger partial charge on any atom is 0.115 e. The highest BCUT2D eigenvalue weighted by molar-refractivity contribution is 7.14. The monoisotopic (exact) mass is 271 g/mol. The van der Waals surface area contributed by atoms with E-state index in [-0.39, 0.29) is 0 Å². The average molecular weight is 271 g/mol. The zero-order valence-corrected chi connectivity index (χ0v) is 11.6. The molecule has 1 aliphatic carbocycles. The first-order chi connectivity index (χ1) is 9.33. The molecule has 2 nitrogen and oxygen atoms in total. The number of piperidine rings is 1. The third-order valence-electron chi connectivity index (χ3n) is 4.47. The van der Waals surface area contributed by atoms with Crippen LogP contribution in [0.25, 0.3) is 0 Å². The Bertz CT molecular complexity index is 593. The maximum atomic E-state index is 9.67. The summed E-state index contributed by atoms with van der Waals surface area (Å²) in [5.74, 6) is 1.12. The lowest BCUT2D eigenvalue weighted by atomic mass is 9.90. The minimum absolute atomic E-state index is 0.403. The van der Waals surface area contributed by atoms with Gasteiger partial charge in [-0.15, -0.1) is 11.3 Å². The van der Waals surface area contributed by atoms with Crippen molar-refractivity contribution in [1.29, 1.82) is 0 Å². The van der Waals surface area contributed by atoms with Crippen LogP contribution in [0.1, 0.15) is 30.0 Å². The predicted octanol–water partition coefficient (Wildman–Crippen LogP) is 3.97. The van der Waals surface area contributed by atoms with Crippen LogP contribution in [0.15, 0.2) is 35.7 Å². The Kier molecular flexibility index (Phi) is 2.55. The number of phenolic OH excluding ortho intramolecular Hbond substituents is 1. The van der Waals surface area contributed by atoms with Gasteiger partial charge >= 0.3 is 0 Å². The van der Waals surface area contributed by atoms with E-state index in [0.29, 0.717) is 17.7 Å². The highest BCUT2D eigenvalue weighted by atomic mass is 32.1. The predicted molar refractivity (Wildman–Crippen MR) is 78.9 cm³/mol. The smallest absolute Gasteiger partial charge is 0.115 e. The molecule has 0 radical (unpaired) electrons. The molecule has 1 saturated heterocycles.